The Morgan fingerprint density at radius 2 is 1.91 bits per heavy atom. The molecular weight excluding hydrogens is 300 g/mol. The molecule has 9 heteroatoms. The lowest BCUT2D eigenvalue weighted by molar-refractivity contribution is -0.139. The van der Waals surface area contributed by atoms with Crippen molar-refractivity contribution in [2.75, 3.05) is 6.54 Å². The summed E-state index contributed by atoms with van der Waals surface area (Å²) in [7, 11) is 0. The van der Waals surface area contributed by atoms with Crippen molar-refractivity contribution in [2.24, 2.45) is 5.73 Å². The average Bonchev–Trinajstić information content (AvgIpc) is 2.61. The first kappa shape index (κ1) is 18.1. The molecule has 1 aliphatic rings. The van der Waals surface area contributed by atoms with Crippen LogP contribution in [-0.4, -0.2) is 53.0 Å². The van der Waals surface area contributed by atoms with Crippen LogP contribution >= 0.6 is 0 Å². The second kappa shape index (κ2) is 6.05. The van der Waals surface area contributed by atoms with E-state index in [1.807, 2.05) is 0 Å². The normalized spacial score (nSPS) is 22.1. The Balaban J connectivity index is 2.73. The summed E-state index contributed by atoms with van der Waals surface area (Å²) in [5.41, 5.74) is 4.29. The number of nitrogens with two attached hydrogens (primary N) is 1. The van der Waals surface area contributed by atoms with Gasteiger partial charge in [-0.15, -0.1) is 0 Å². The number of hydrogen-bond donors (Lipinski definition) is 2. The van der Waals surface area contributed by atoms with Crippen molar-refractivity contribution in [1.29, 1.82) is 0 Å². The first-order valence-corrected chi connectivity index (χ1v) is 6.79. The van der Waals surface area contributed by atoms with Crippen molar-refractivity contribution in [1.82, 2.24) is 10.2 Å². The minimum Gasteiger partial charge on any atom is -0.444 e. The Labute approximate surface area is 127 Å². The number of primary amides is 1. The number of halogens is 2. The average molecular weight is 321 g/mol. The molecule has 0 bridgehead atoms. The van der Waals surface area contributed by atoms with Crippen LogP contribution in [0.1, 0.15) is 34.1 Å². The zero-order chi connectivity index (χ0) is 17.3. The van der Waals surface area contributed by atoms with E-state index < -0.39 is 54.5 Å². The third-order valence-corrected chi connectivity index (χ3v) is 2.99. The van der Waals surface area contributed by atoms with E-state index in [1.54, 1.807) is 20.8 Å². The number of nitrogens with one attached hydrogen (secondary N) is 1. The molecule has 0 aromatic rings. The summed E-state index contributed by atoms with van der Waals surface area (Å²) in [6.45, 7) is 5.34. The number of alkyl carbamates (subject to hydrolysis) is 1. The third kappa shape index (κ3) is 4.81. The van der Waals surface area contributed by atoms with E-state index >= 15 is 0 Å². The number of alkyl halides is 2. The van der Waals surface area contributed by atoms with Gasteiger partial charge in [-0.3, -0.25) is 9.59 Å². The van der Waals surface area contributed by atoms with Crippen LogP contribution in [0.15, 0.2) is 0 Å². The number of ether oxygens (including phenoxy) is 1. The molecule has 0 aromatic heterocycles. The van der Waals surface area contributed by atoms with Gasteiger partial charge < -0.3 is 20.7 Å². The van der Waals surface area contributed by atoms with Gasteiger partial charge in [0.2, 0.25) is 11.8 Å². The van der Waals surface area contributed by atoms with Gasteiger partial charge in [-0.2, -0.15) is 0 Å². The molecular formula is C13H21F2N3O4. The smallest absolute Gasteiger partial charge is 0.408 e. The fourth-order valence-electron chi connectivity index (χ4n) is 2.10. The summed E-state index contributed by atoms with van der Waals surface area (Å²) in [5, 5.41) is 2.25. The summed E-state index contributed by atoms with van der Waals surface area (Å²) in [6, 6.07) is -2.50. The van der Waals surface area contributed by atoms with Crippen LogP contribution in [0.4, 0.5) is 13.6 Å². The highest BCUT2D eigenvalue weighted by Gasteiger charge is 2.50. The van der Waals surface area contributed by atoms with E-state index in [-0.39, 0.29) is 0 Å². The van der Waals surface area contributed by atoms with Gasteiger partial charge in [0, 0.05) is 6.42 Å². The molecule has 0 unspecified atom stereocenters. The highest BCUT2D eigenvalue weighted by molar-refractivity contribution is 5.91. The minimum absolute atomic E-state index is 0.699. The Hall–Kier alpha value is -1.93. The molecule has 126 valence electrons. The van der Waals surface area contributed by atoms with Gasteiger partial charge in [0.1, 0.15) is 17.7 Å². The molecule has 3 amide bonds. The molecule has 7 nitrogen and oxygen atoms in total. The summed E-state index contributed by atoms with van der Waals surface area (Å²) in [4.78, 5) is 35.7. The van der Waals surface area contributed by atoms with Gasteiger partial charge in [-0.1, -0.05) is 0 Å². The maximum atomic E-state index is 13.4. The summed E-state index contributed by atoms with van der Waals surface area (Å²) >= 11 is 0. The fourth-order valence-corrected chi connectivity index (χ4v) is 2.10. The van der Waals surface area contributed by atoms with Gasteiger partial charge >= 0.3 is 6.09 Å². The predicted molar refractivity (Wildman–Crippen MR) is 73.1 cm³/mol. The van der Waals surface area contributed by atoms with Gasteiger partial charge in [0.15, 0.2) is 0 Å². The first-order valence-electron chi connectivity index (χ1n) is 6.79. The van der Waals surface area contributed by atoms with Gasteiger partial charge in [0.25, 0.3) is 5.92 Å². The molecule has 1 heterocycles. The van der Waals surface area contributed by atoms with E-state index in [2.05, 4.69) is 5.32 Å². The van der Waals surface area contributed by atoms with Crippen molar-refractivity contribution >= 4 is 17.9 Å². The van der Waals surface area contributed by atoms with E-state index in [0.29, 0.717) is 4.90 Å². The van der Waals surface area contributed by atoms with Crippen LogP contribution in [0.5, 0.6) is 0 Å². The molecule has 22 heavy (non-hydrogen) atoms. The van der Waals surface area contributed by atoms with Crippen molar-refractivity contribution in [3.63, 3.8) is 0 Å². The molecule has 2 atom stereocenters. The number of rotatable bonds is 3. The molecule has 1 saturated heterocycles. The quantitative estimate of drug-likeness (QED) is 0.795. The van der Waals surface area contributed by atoms with Crippen LogP contribution in [-0.2, 0) is 14.3 Å². The maximum absolute atomic E-state index is 13.4. The molecule has 0 aliphatic carbocycles. The highest BCUT2D eigenvalue weighted by atomic mass is 19.3. The lowest BCUT2D eigenvalue weighted by Gasteiger charge is -2.26. The van der Waals surface area contributed by atoms with Crippen LogP contribution < -0.4 is 11.1 Å². The number of carbonyl (C=O) groups is 3. The molecule has 1 fully saturated rings. The Morgan fingerprint density at radius 1 is 1.36 bits per heavy atom. The molecule has 1 aliphatic heterocycles. The SMILES string of the molecule is C[C@H](NC(=O)OC(C)(C)C)C(=O)N1CC(F)(F)C[C@H]1C(N)=O. The number of likely N-dealkylation sites (tertiary alicyclic amines) is 1. The highest BCUT2D eigenvalue weighted by Crippen LogP contribution is 2.32. The Bertz CT molecular complexity index is 476. The third-order valence-electron chi connectivity index (χ3n) is 2.99. The molecule has 0 spiro atoms. The molecule has 0 radical (unpaired) electrons. The Kier molecular flexibility index (Phi) is 4.99. The van der Waals surface area contributed by atoms with Gasteiger partial charge in [-0.05, 0) is 27.7 Å². The zero-order valence-corrected chi connectivity index (χ0v) is 13.0. The van der Waals surface area contributed by atoms with Crippen molar-refractivity contribution in [2.45, 2.75) is 57.7 Å². The number of hydrogen-bond acceptors (Lipinski definition) is 4. The van der Waals surface area contributed by atoms with Crippen molar-refractivity contribution < 1.29 is 27.9 Å². The van der Waals surface area contributed by atoms with Crippen molar-refractivity contribution in [3.05, 3.63) is 0 Å². The van der Waals surface area contributed by atoms with E-state index in [1.165, 1.54) is 6.92 Å². The van der Waals surface area contributed by atoms with Crippen LogP contribution in [0, 0.1) is 0 Å². The standard InChI is InChI=1S/C13H21F2N3O4/c1-7(17-11(21)22-12(2,3)4)10(20)18-6-13(14,15)5-8(18)9(16)19/h7-8H,5-6H2,1-4H3,(H2,16,19)(H,17,21)/t7-,8-/m0/s1. The van der Waals surface area contributed by atoms with E-state index in [9.17, 15) is 23.2 Å². The van der Waals surface area contributed by atoms with Crippen LogP contribution in [0.2, 0.25) is 0 Å². The molecule has 1 rings (SSSR count). The van der Waals surface area contributed by atoms with Crippen molar-refractivity contribution in [3.8, 4) is 0 Å². The second-order valence-corrected chi connectivity index (χ2v) is 6.31. The minimum atomic E-state index is -3.18. The summed E-state index contributed by atoms with van der Waals surface area (Å²) in [5.74, 6) is -5.00. The number of amides is 3. The van der Waals surface area contributed by atoms with E-state index in [0.717, 1.165) is 0 Å². The fraction of sp³-hybridized carbons (Fsp3) is 0.769. The van der Waals surface area contributed by atoms with Gasteiger partial charge in [0.05, 0.1) is 6.54 Å². The molecule has 0 aromatic carbocycles. The largest absolute Gasteiger partial charge is 0.444 e. The Morgan fingerprint density at radius 3 is 2.36 bits per heavy atom. The lowest BCUT2D eigenvalue weighted by Crippen LogP contribution is -2.52. The van der Waals surface area contributed by atoms with E-state index in [4.69, 9.17) is 10.5 Å². The molecule has 0 saturated carbocycles. The predicted octanol–water partition coefficient (Wildman–Crippen LogP) is 0.621. The maximum Gasteiger partial charge on any atom is 0.408 e. The number of nitrogens with zero attached hydrogens (tertiary/aromatic N) is 1. The zero-order valence-electron chi connectivity index (χ0n) is 13.0. The van der Waals surface area contributed by atoms with Crippen LogP contribution in [0.25, 0.3) is 0 Å². The summed E-state index contributed by atoms with van der Waals surface area (Å²) in [6.07, 6.45) is -1.66. The lowest BCUT2D eigenvalue weighted by atomic mass is 10.1. The summed E-state index contributed by atoms with van der Waals surface area (Å²) < 4.78 is 31.8. The number of carbonyl (C=O) groups excluding carboxylic acids is 3. The second-order valence-electron chi connectivity index (χ2n) is 6.31. The first-order chi connectivity index (χ1) is 9.82. The monoisotopic (exact) mass is 321 g/mol. The van der Waals surface area contributed by atoms with Gasteiger partial charge in [-0.25, -0.2) is 13.6 Å². The molecule has 3 N–H and O–H groups in total. The topological polar surface area (TPSA) is 102 Å². The van der Waals surface area contributed by atoms with Crippen LogP contribution in [0.3, 0.4) is 0 Å².